The van der Waals surface area contributed by atoms with Crippen molar-refractivity contribution in [2.24, 2.45) is 0 Å². The van der Waals surface area contributed by atoms with Gasteiger partial charge < -0.3 is 210 Å². The average Bonchev–Trinajstić information content (AvgIpc) is 1.73. The molecule has 0 spiro atoms. The van der Waals surface area contributed by atoms with Crippen LogP contribution >= 0.6 is 0 Å². The van der Waals surface area contributed by atoms with Crippen molar-refractivity contribution in [3.63, 3.8) is 0 Å². The van der Waals surface area contributed by atoms with E-state index in [1.165, 1.54) is 4.90 Å². The first-order valence-corrected chi connectivity index (χ1v) is 43.3. The van der Waals surface area contributed by atoms with E-state index in [0.717, 1.165) is 0 Å². The summed E-state index contributed by atoms with van der Waals surface area (Å²) >= 11 is 0. The van der Waals surface area contributed by atoms with Crippen LogP contribution in [-0.2, 0) is 105 Å². The molecule has 129 heavy (non-hydrogen) atoms. The van der Waals surface area contributed by atoms with Gasteiger partial charge in [-0.1, -0.05) is 25.7 Å². The van der Waals surface area contributed by atoms with Crippen LogP contribution in [0.1, 0.15) is 103 Å². The number of hydrogen-bond acceptors (Lipinski definition) is 48. The maximum atomic E-state index is 13.6. The zero-order valence-electron chi connectivity index (χ0n) is 71.0. The fourth-order valence-corrected chi connectivity index (χ4v) is 15.3. The third-order valence-electron chi connectivity index (χ3n) is 23.1. The number of hydrogen-bond donors (Lipinski definition) is 27. The molecule has 52 nitrogen and oxygen atoms in total. The Balaban J connectivity index is 0.808. The number of carbonyl (C=O) groups excluding carboxylic acids is 7. The van der Waals surface area contributed by atoms with Gasteiger partial charge in [-0.15, -0.1) is 5.06 Å². The van der Waals surface area contributed by atoms with E-state index in [4.69, 9.17) is 71.2 Å². The van der Waals surface area contributed by atoms with Crippen LogP contribution in [0.4, 0.5) is 0 Å². The van der Waals surface area contributed by atoms with Crippen molar-refractivity contribution >= 4 is 41.3 Å². The van der Waals surface area contributed by atoms with Gasteiger partial charge in [-0.2, -0.15) is 0 Å². The number of aliphatic hydroxyl groups is 24. The molecule has 0 aliphatic carbocycles. The Hall–Kier alpha value is -4.91. The molecule has 0 bridgehead atoms. The van der Waals surface area contributed by atoms with Crippen LogP contribution in [-0.4, -0.2) is 519 Å². The Morgan fingerprint density at radius 2 is 0.612 bits per heavy atom. The fourth-order valence-electron chi connectivity index (χ4n) is 15.3. The van der Waals surface area contributed by atoms with Gasteiger partial charge in [0.15, 0.2) is 44.0 Å². The normalized spacial score (nSPS) is 37.6. The molecule has 27 N–H and O–H groups in total. The number of ether oxygens (including phenoxy) is 14. The van der Waals surface area contributed by atoms with Crippen LogP contribution in [0.3, 0.4) is 0 Å². The minimum Gasteiger partial charge on any atom is -0.394 e. The number of aliphatic hydroxyl groups excluding tert-OH is 24. The van der Waals surface area contributed by atoms with E-state index in [2.05, 4.69) is 16.0 Å². The van der Waals surface area contributed by atoms with Gasteiger partial charge in [0.2, 0.25) is 17.7 Å². The maximum Gasteiger partial charge on any atom is 0.333 e. The van der Waals surface area contributed by atoms with E-state index >= 15 is 0 Å². The highest BCUT2D eigenvalue weighted by Gasteiger charge is 2.56. The van der Waals surface area contributed by atoms with Crippen LogP contribution in [0, 0.1) is 0 Å². The number of carbonyl (C=O) groups is 7. The highest BCUT2D eigenvalue weighted by molar-refractivity contribution is 6.01. The summed E-state index contributed by atoms with van der Waals surface area (Å²) in [6, 6.07) is 0. The summed E-state index contributed by atoms with van der Waals surface area (Å²) in [5.41, 5.74) is 0. The Morgan fingerprint density at radius 1 is 0.310 bits per heavy atom. The van der Waals surface area contributed by atoms with E-state index in [1.54, 1.807) is 4.90 Å². The molecule has 746 valence electrons. The summed E-state index contributed by atoms with van der Waals surface area (Å²) in [5, 5.41) is 261. The van der Waals surface area contributed by atoms with Gasteiger partial charge in [-0.05, 0) is 51.5 Å². The quantitative estimate of drug-likeness (QED) is 0.0199. The first kappa shape index (κ1) is 109. The lowest BCUT2D eigenvalue weighted by atomic mass is 9.96. The van der Waals surface area contributed by atoms with Gasteiger partial charge in [-0.3, -0.25) is 38.6 Å². The number of hydroxylamine groups is 2. The highest BCUT2D eigenvalue weighted by atomic mass is 16.8. The summed E-state index contributed by atoms with van der Waals surface area (Å²) in [6.07, 6.45) is -57.2. The third kappa shape index (κ3) is 31.6. The zero-order chi connectivity index (χ0) is 94.5. The summed E-state index contributed by atoms with van der Waals surface area (Å²) in [4.78, 5) is 97.5. The summed E-state index contributed by atoms with van der Waals surface area (Å²) in [5.74, 6) is -3.92. The average molecular weight is 1880 g/mol. The molecule has 0 aromatic heterocycles. The molecule has 0 aromatic carbocycles. The molecule has 8 saturated heterocycles. The molecule has 8 aliphatic heterocycles. The highest BCUT2D eigenvalue weighted by Crippen LogP contribution is 2.35. The third-order valence-corrected chi connectivity index (χ3v) is 23.1. The van der Waals surface area contributed by atoms with Crippen LogP contribution < -0.4 is 16.0 Å². The molecule has 8 aliphatic rings. The van der Waals surface area contributed by atoms with Crippen molar-refractivity contribution in [3.8, 4) is 0 Å². The number of nitrogens with zero attached hydrogens (tertiary/aromatic N) is 3. The van der Waals surface area contributed by atoms with Gasteiger partial charge in [0.05, 0.1) is 85.7 Å². The summed E-state index contributed by atoms with van der Waals surface area (Å²) in [7, 11) is 0. The molecular weight excluding hydrogens is 1740 g/mol. The van der Waals surface area contributed by atoms with Crippen LogP contribution in [0.25, 0.3) is 0 Å². The molecule has 0 unspecified atom stereocenters. The number of rotatable bonds is 54. The Morgan fingerprint density at radius 3 is 0.984 bits per heavy atom. The van der Waals surface area contributed by atoms with E-state index in [0.29, 0.717) is 62.9 Å². The van der Waals surface area contributed by atoms with Gasteiger partial charge in [0.1, 0.15) is 177 Å². The summed E-state index contributed by atoms with van der Waals surface area (Å²) in [6.45, 7) is -6.84. The zero-order valence-corrected chi connectivity index (χ0v) is 71.0. The molecule has 5 amide bonds. The van der Waals surface area contributed by atoms with Gasteiger partial charge in [-0.25, -0.2) is 4.79 Å². The molecule has 0 aromatic rings. The lowest BCUT2D eigenvalue weighted by molar-refractivity contribution is -0.366. The second-order valence-corrected chi connectivity index (χ2v) is 32.8. The van der Waals surface area contributed by atoms with E-state index < -0.39 is 316 Å². The van der Waals surface area contributed by atoms with E-state index in [-0.39, 0.29) is 110 Å². The number of Topliss-reactive ketones (excluding diaryl/α,β-unsaturated/α-hetero) is 1. The minimum atomic E-state index is -2.02. The van der Waals surface area contributed by atoms with Crippen molar-refractivity contribution in [2.45, 2.75) is 318 Å². The Labute approximate surface area is 739 Å². The largest absolute Gasteiger partial charge is 0.394 e. The van der Waals surface area contributed by atoms with Crippen LogP contribution in [0.2, 0.25) is 0 Å². The monoisotopic (exact) mass is 1880 g/mol. The molecule has 35 atom stereocenters. The van der Waals surface area contributed by atoms with E-state index in [9.17, 15) is 156 Å². The SMILES string of the molecule is O=C(CCCCCNC(=O)CN(CC(=O)NCCCCCCN(CCO[C@H]1O[C@H](CO)[C@@H](O)[C@H](O)[C@@H]1O)CCO[C@H]1O[C@H](CO[C@H]2O[C@H](CO)[C@@H](O)[C@H](O)[C@@H]2O)[C@@H](O)[C@H](O[C@H]2O[C@H](CO)[C@@H](O)[C@H](O)[C@@H]2O)[C@@H]1O)CC(=O)NCCCCCC(=O)ON1C(=O)CCC1=O)CCCO[C@H]1O[C@H](CO[C@H]2O[C@H](CO)[C@@H](O)[C@H](O)[C@@H]2O)[C@@H](O)[C@H](O[C@H]2O[C@H](CO)[C@@H](O)[C@H](O)[C@@H]2O)[C@@H]1O. The molecular formula is C77H132N6O46. The van der Waals surface area contributed by atoms with Crippen molar-refractivity contribution in [2.75, 3.05) is 125 Å². The second kappa shape index (κ2) is 54.7. The molecule has 8 rings (SSSR count). The molecule has 0 radical (unpaired) electrons. The van der Waals surface area contributed by atoms with Crippen molar-refractivity contribution in [3.05, 3.63) is 0 Å². The minimum absolute atomic E-state index is 0.00375. The fraction of sp³-hybridized carbons (Fsp3) is 0.909. The van der Waals surface area contributed by atoms with Gasteiger partial charge in [0.25, 0.3) is 11.8 Å². The predicted molar refractivity (Wildman–Crippen MR) is 418 cm³/mol. The van der Waals surface area contributed by atoms with Gasteiger partial charge >= 0.3 is 5.97 Å². The molecule has 52 heteroatoms. The van der Waals surface area contributed by atoms with Crippen molar-refractivity contribution in [1.82, 2.24) is 30.8 Å². The van der Waals surface area contributed by atoms with Crippen LogP contribution in [0.5, 0.6) is 0 Å². The van der Waals surface area contributed by atoms with Gasteiger partial charge in [0, 0.05) is 64.8 Å². The number of unbranched alkanes of at least 4 members (excludes halogenated alkanes) is 7. The molecule has 0 saturated carbocycles. The molecule has 8 fully saturated rings. The smallest absolute Gasteiger partial charge is 0.333 e. The first-order chi connectivity index (χ1) is 61.6. The topological polar surface area (TPSA) is 789 Å². The standard InChI is InChI=1S/C77H132N6O46/c84-29-37-50(96)57(103)62(108)71(120-37)116-24-21-81(22-25-117-75-68(114)70(128-77-66(112)61(107)54(100)41(33-88)124-77)56(102)43(126-75)35-119-73-64(110)59(105)52(98)39(31-86)122-73)20-10-2-1-7-17-78-44(90)26-82(28-46(92)80-19-9-4-6-14-49(95)129-83-47(93)15-16-48(83)94)27-45(91)79-18-8-3-5-12-36(89)13-11-23-115-74-67(113)69(127-76-65(111)60(106)53(99)40(32-87)123-76)55(101)42(125-74)34-118-72-63(109)58(104)51(97)38(30-85)121-72/h37-43,50-77,84-88,96-114H,1-35H2,(H,78,90)(H,79,91)(H,80,92)/t37-,38-,39-,40-,41-,42-,43-,50-,51-,52-,53-,54-,55-,56-,57+,58+,59+,60+,61+,62+,63+,64+,65+,66+,67+,68+,69+,70+,71+,72+,73+,74+,75+,76-,77-/m1/s1. The van der Waals surface area contributed by atoms with E-state index in [1.807, 2.05) is 0 Å². The Bertz CT molecular complexity index is 3320. The lowest BCUT2D eigenvalue weighted by Crippen LogP contribution is -2.65. The number of amides is 5. The summed E-state index contributed by atoms with van der Waals surface area (Å²) < 4.78 is 79.4. The molecule has 8 heterocycles. The number of imide groups is 1. The van der Waals surface area contributed by atoms with Crippen molar-refractivity contribution in [1.29, 1.82) is 0 Å². The lowest BCUT2D eigenvalue weighted by Gasteiger charge is -2.46. The van der Waals surface area contributed by atoms with Crippen LogP contribution in [0.15, 0.2) is 0 Å². The maximum absolute atomic E-state index is 13.6. The number of nitrogens with one attached hydrogen (secondary N) is 3. The van der Waals surface area contributed by atoms with Crippen molar-refractivity contribution < 1.29 is 227 Å². The predicted octanol–water partition coefficient (Wildman–Crippen LogP) is -15.7. The number of ketones is 1. The Kier molecular flexibility index (Phi) is 46.4. The first-order valence-electron chi connectivity index (χ1n) is 43.3. The second-order valence-electron chi connectivity index (χ2n) is 32.8.